The molecule has 4 nitrogen and oxygen atoms in total. The van der Waals surface area contributed by atoms with E-state index in [9.17, 15) is 0 Å². The molecule has 1 N–H and O–H groups in total. The van der Waals surface area contributed by atoms with E-state index in [1.54, 1.807) is 17.4 Å². The lowest BCUT2D eigenvalue weighted by Gasteiger charge is -2.03. The molecule has 0 bridgehead atoms. The van der Waals surface area contributed by atoms with Gasteiger partial charge in [-0.15, -0.1) is 10.2 Å². The van der Waals surface area contributed by atoms with E-state index in [0.717, 1.165) is 34.8 Å². The van der Waals surface area contributed by atoms with Crippen molar-refractivity contribution in [1.29, 1.82) is 0 Å². The van der Waals surface area contributed by atoms with E-state index in [1.807, 2.05) is 18.2 Å². The van der Waals surface area contributed by atoms with Gasteiger partial charge in [-0.2, -0.15) is 0 Å². The van der Waals surface area contributed by atoms with Gasteiger partial charge < -0.3 is 10.1 Å². The molecule has 0 radical (unpaired) electrons. The Labute approximate surface area is 127 Å². The van der Waals surface area contributed by atoms with Crippen LogP contribution in [0.1, 0.15) is 22.9 Å². The van der Waals surface area contributed by atoms with E-state index >= 15 is 0 Å². The lowest BCUT2D eigenvalue weighted by molar-refractivity contribution is 0.304. The number of benzene rings is 1. The summed E-state index contributed by atoms with van der Waals surface area (Å²) in [5.41, 5.74) is 0. The number of hydrogen-bond acceptors (Lipinski definition) is 5. The molecule has 1 fully saturated rings. The number of hydrogen-bond donors (Lipinski definition) is 1. The number of ether oxygens (including phenoxy) is 1. The summed E-state index contributed by atoms with van der Waals surface area (Å²) in [4.78, 5) is 0. The van der Waals surface area contributed by atoms with Crippen LogP contribution in [-0.2, 0) is 13.0 Å². The third-order valence-corrected chi connectivity index (χ3v) is 4.21. The van der Waals surface area contributed by atoms with Gasteiger partial charge in [0.25, 0.3) is 0 Å². The minimum atomic E-state index is 0.439. The van der Waals surface area contributed by atoms with Gasteiger partial charge in [-0.1, -0.05) is 29.0 Å². The molecule has 0 spiro atoms. The van der Waals surface area contributed by atoms with Crippen molar-refractivity contribution in [3.05, 3.63) is 39.3 Å². The summed E-state index contributed by atoms with van der Waals surface area (Å²) in [6.45, 7) is 1.42. The highest BCUT2D eigenvalue weighted by atomic mass is 35.5. The van der Waals surface area contributed by atoms with Crippen molar-refractivity contribution in [3.8, 4) is 5.75 Å². The van der Waals surface area contributed by atoms with Crippen LogP contribution in [0, 0.1) is 0 Å². The molecule has 2 aromatic rings. The van der Waals surface area contributed by atoms with E-state index in [0.29, 0.717) is 11.6 Å². The topological polar surface area (TPSA) is 47.0 Å². The van der Waals surface area contributed by atoms with Crippen molar-refractivity contribution in [2.24, 2.45) is 0 Å². The van der Waals surface area contributed by atoms with Crippen molar-refractivity contribution in [3.63, 3.8) is 0 Å². The second kappa shape index (κ2) is 6.52. The number of nitrogens with one attached hydrogen (secondary N) is 1. The van der Waals surface area contributed by atoms with Gasteiger partial charge in [-0.25, -0.2) is 0 Å². The van der Waals surface area contributed by atoms with E-state index < -0.39 is 0 Å². The van der Waals surface area contributed by atoms with Gasteiger partial charge in [0.05, 0.1) is 0 Å². The first-order valence-corrected chi connectivity index (χ1v) is 7.92. The van der Waals surface area contributed by atoms with Crippen LogP contribution in [0.15, 0.2) is 24.3 Å². The van der Waals surface area contributed by atoms with Crippen molar-refractivity contribution in [2.75, 3.05) is 6.54 Å². The van der Waals surface area contributed by atoms with Gasteiger partial charge in [0.15, 0.2) is 5.01 Å². The second-order valence-corrected chi connectivity index (χ2v) is 6.40. The molecule has 0 saturated heterocycles. The van der Waals surface area contributed by atoms with E-state index in [4.69, 9.17) is 16.3 Å². The van der Waals surface area contributed by atoms with Crippen molar-refractivity contribution in [2.45, 2.75) is 31.9 Å². The molecule has 3 rings (SSSR count). The van der Waals surface area contributed by atoms with Crippen molar-refractivity contribution in [1.82, 2.24) is 15.5 Å². The van der Waals surface area contributed by atoms with Gasteiger partial charge in [-0.3, -0.25) is 0 Å². The first-order chi connectivity index (χ1) is 9.79. The number of halogens is 1. The minimum Gasteiger partial charge on any atom is -0.486 e. The third-order valence-electron chi connectivity index (χ3n) is 3.02. The quantitative estimate of drug-likeness (QED) is 0.854. The maximum Gasteiger partial charge on any atom is 0.155 e. The van der Waals surface area contributed by atoms with Crippen LogP contribution in [0.3, 0.4) is 0 Å². The fraction of sp³-hybridized carbons (Fsp3) is 0.429. The van der Waals surface area contributed by atoms with Crippen LogP contribution in [-0.4, -0.2) is 22.8 Å². The molecule has 1 aliphatic rings. The fourth-order valence-corrected chi connectivity index (χ4v) is 2.76. The highest BCUT2D eigenvalue weighted by Gasteiger charge is 2.19. The normalized spacial score (nSPS) is 14.4. The van der Waals surface area contributed by atoms with Crippen LogP contribution in [0.2, 0.25) is 5.02 Å². The Kier molecular flexibility index (Phi) is 4.50. The van der Waals surface area contributed by atoms with Crippen molar-refractivity contribution < 1.29 is 4.74 Å². The third kappa shape index (κ3) is 4.16. The molecule has 106 valence electrons. The predicted octanol–water partition coefficient (Wildman–Crippen LogP) is 3.07. The van der Waals surface area contributed by atoms with Gasteiger partial charge in [-0.05, 0) is 31.0 Å². The average Bonchev–Trinajstić information content (AvgIpc) is 3.15. The molecule has 0 unspecified atom stereocenters. The van der Waals surface area contributed by atoms with Crippen LogP contribution < -0.4 is 10.1 Å². The Bertz CT molecular complexity index is 571. The zero-order valence-corrected chi connectivity index (χ0v) is 12.6. The first kappa shape index (κ1) is 13.8. The highest BCUT2D eigenvalue weighted by Crippen LogP contribution is 2.20. The zero-order chi connectivity index (χ0) is 13.8. The van der Waals surface area contributed by atoms with Crippen LogP contribution in [0.25, 0.3) is 0 Å². The molecule has 0 amide bonds. The van der Waals surface area contributed by atoms with Gasteiger partial charge in [0.1, 0.15) is 17.4 Å². The summed E-state index contributed by atoms with van der Waals surface area (Å²) in [6, 6.07) is 8.11. The Morgan fingerprint density at radius 2 is 2.15 bits per heavy atom. The highest BCUT2D eigenvalue weighted by molar-refractivity contribution is 7.11. The Hall–Kier alpha value is -1.17. The number of nitrogens with zero attached hydrogens (tertiary/aromatic N) is 2. The predicted molar refractivity (Wildman–Crippen MR) is 80.4 cm³/mol. The summed E-state index contributed by atoms with van der Waals surface area (Å²) in [7, 11) is 0. The molecule has 1 heterocycles. The SMILES string of the molecule is Clc1cccc(OCc2nnc(CCNC3CC3)s2)c1. The fourth-order valence-electron chi connectivity index (χ4n) is 1.82. The molecule has 0 atom stereocenters. The molecule has 0 aliphatic heterocycles. The van der Waals surface area contributed by atoms with E-state index in [-0.39, 0.29) is 0 Å². The van der Waals surface area contributed by atoms with E-state index in [1.165, 1.54) is 12.8 Å². The standard InChI is InChI=1S/C14H16ClN3OS/c15-10-2-1-3-12(8-10)19-9-14-18-17-13(20-14)6-7-16-11-4-5-11/h1-3,8,11,16H,4-7,9H2. The molecule has 1 saturated carbocycles. The lowest BCUT2D eigenvalue weighted by atomic mass is 10.3. The lowest BCUT2D eigenvalue weighted by Crippen LogP contribution is -2.19. The average molecular weight is 310 g/mol. The molecule has 20 heavy (non-hydrogen) atoms. The van der Waals surface area contributed by atoms with Gasteiger partial charge in [0.2, 0.25) is 0 Å². The van der Waals surface area contributed by atoms with Gasteiger partial charge >= 0.3 is 0 Å². The summed E-state index contributed by atoms with van der Waals surface area (Å²) in [6.07, 6.45) is 3.56. The van der Waals surface area contributed by atoms with Gasteiger partial charge in [0, 0.05) is 24.0 Å². The number of aromatic nitrogens is 2. The second-order valence-electron chi connectivity index (χ2n) is 4.81. The first-order valence-electron chi connectivity index (χ1n) is 6.72. The van der Waals surface area contributed by atoms with E-state index in [2.05, 4.69) is 15.5 Å². The summed E-state index contributed by atoms with van der Waals surface area (Å²) < 4.78 is 5.65. The molecule has 1 aliphatic carbocycles. The molecular formula is C14H16ClN3OS. The monoisotopic (exact) mass is 309 g/mol. The molecule has 6 heteroatoms. The zero-order valence-electron chi connectivity index (χ0n) is 11.0. The Balaban J connectivity index is 1.46. The maximum atomic E-state index is 5.91. The van der Waals surface area contributed by atoms with Crippen LogP contribution in [0.4, 0.5) is 0 Å². The Morgan fingerprint density at radius 1 is 1.30 bits per heavy atom. The summed E-state index contributed by atoms with van der Waals surface area (Å²) in [5, 5.41) is 14.4. The van der Waals surface area contributed by atoms with Crippen LogP contribution in [0.5, 0.6) is 5.75 Å². The molecule has 1 aromatic heterocycles. The maximum absolute atomic E-state index is 5.91. The summed E-state index contributed by atoms with van der Waals surface area (Å²) >= 11 is 7.51. The van der Waals surface area contributed by atoms with Crippen molar-refractivity contribution >= 4 is 22.9 Å². The largest absolute Gasteiger partial charge is 0.486 e. The minimum absolute atomic E-state index is 0.439. The Morgan fingerprint density at radius 3 is 2.95 bits per heavy atom. The van der Waals surface area contributed by atoms with Crippen LogP contribution >= 0.6 is 22.9 Å². The number of rotatable bonds is 7. The molecule has 1 aromatic carbocycles. The molecular weight excluding hydrogens is 294 g/mol. The summed E-state index contributed by atoms with van der Waals surface area (Å²) in [5.74, 6) is 0.754. The smallest absolute Gasteiger partial charge is 0.155 e.